The Kier molecular flexibility index (Phi) is 4.92. The summed E-state index contributed by atoms with van der Waals surface area (Å²) in [6, 6.07) is 5.39. The Morgan fingerprint density at radius 1 is 1.31 bits per heavy atom. The van der Waals surface area contributed by atoms with Crippen LogP contribution in [0.25, 0.3) is 10.9 Å². The topological polar surface area (TPSA) is 62.3 Å². The number of benzene rings is 1. The van der Waals surface area contributed by atoms with Gasteiger partial charge in [-0.3, -0.25) is 14.6 Å². The molecule has 138 valence electrons. The average molecular weight is 375 g/mol. The molecule has 1 aliphatic rings. The highest BCUT2D eigenvalue weighted by Gasteiger charge is 2.36. The third kappa shape index (κ3) is 3.82. The number of aromatic nitrogens is 1. The molecule has 0 aliphatic carbocycles. The van der Waals surface area contributed by atoms with Crippen LogP contribution in [0.15, 0.2) is 24.3 Å². The van der Waals surface area contributed by atoms with Gasteiger partial charge in [-0.15, -0.1) is 11.8 Å². The molecule has 0 saturated carbocycles. The molecule has 2 aromatic rings. The minimum absolute atomic E-state index is 0.156. The Labute approximate surface area is 156 Å². The Bertz CT molecular complexity index is 874. The van der Waals surface area contributed by atoms with E-state index in [2.05, 4.69) is 10.3 Å². The largest absolute Gasteiger partial charge is 0.350 e. The average Bonchev–Trinajstić information content (AvgIpc) is 3.01. The van der Waals surface area contributed by atoms with Crippen molar-refractivity contribution in [2.45, 2.75) is 39.3 Å². The molecule has 0 bridgehead atoms. The zero-order chi connectivity index (χ0) is 19.1. The number of hydrogen-bond acceptors (Lipinski definition) is 4. The van der Waals surface area contributed by atoms with Crippen LogP contribution in [0.5, 0.6) is 0 Å². The van der Waals surface area contributed by atoms with E-state index in [1.807, 2.05) is 20.8 Å². The lowest BCUT2D eigenvalue weighted by atomic mass is 10.0. The third-order valence-electron chi connectivity index (χ3n) is 4.07. The van der Waals surface area contributed by atoms with Gasteiger partial charge in [0.1, 0.15) is 11.9 Å². The van der Waals surface area contributed by atoms with Crippen LogP contribution in [0.4, 0.5) is 4.39 Å². The van der Waals surface area contributed by atoms with Gasteiger partial charge in [-0.1, -0.05) is 0 Å². The molecule has 3 rings (SSSR count). The molecule has 1 atom stereocenters. The van der Waals surface area contributed by atoms with Crippen molar-refractivity contribution in [2.75, 3.05) is 11.6 Å². The van der Waals surface area contributed by atoms with E-state index in [9.17, 15) is 14.0 Å². The lowest BCUT2D eigenvalue weighted by molar-refractivity contribution is -0.125. The zero-order valence-corrected chi connectivity index (χ0v) is 16.1. The number of hydrogen-bond donors (Lipinski definition) is 1. The number of nitrogens with zero attached hydrogens (tertiary/aromatic N) is 2. The highest BCUT2D eigenvalue weighted by Crippen LogP contribution is 2.27. The highest BCUT2D eigenvalue weighted by molar-refractivity contribution is 7.99. The molecule has 1 fully saturated rings. The normalized spacial score (nSPS) is 17.6. The van der Waals surface area contributed by atoms with Gasteiger partial charge in [-0.25, -0.2) is 4.39 Å². The summed E-state index contributed by atoms with van der Waals surface area (Å²) < 4.78 is 13.5. The van der Waals surface area contributed by atoms with E-state index in [0.717, 1.165) is 0 Å². The second kappa shape index (κ2) is 6.87. The summed E-state index contributed by atoms with van der Waals surface area (Å²) in [5.41, 5.74) is 1.16. The van der Waals surface area contributed by atoms with E-state index in [1.165, 1.54) is 12.1 Å². The molecule has 1 unspecified atom stereocenters. The van der Waals surface area contributed by atoms with Crippen LogP contribution in [0.2, 0.25) is 0 Å². The van der Waals surface area contributed by atoms with E-state index in [0.29, 0.717) is 33.8 Å². The van der Waals surface area contributed by atoms with E-state index in [-0.39, 0.29) is 17.4 Å². The number of nitrogens with one attached hydrogen (secondary N) is 1. The van der Waals surface area contributed by atoms with Gasteiger partial charge in [0.15, 0.2) is 0 Å². The van der Waals surface area contributed by atoms with Crippen LogP contribution >= 0.6 is 11.8 Å². The number of thioether (sulfide) groups is 1. The molecule has 1 aromatic carbocycles. The first kappa shape index (κ1) is 18.6. The van der Waals surface area contributed by atoms with Crippen LogP contribution < -0.4 is 5.32 Å². The number of pyridine rings is 1. The van der Waals surface area contributed by atoms with Crippen LogP contribution in [0.3, 0.4) is 0 Å². The smallest absolute Gasteiger partial charge is 0.256 e. The van der Waals surface area contributed by atoms with Crippen molar-refractivity contribution in [1.82, 2.24) is 15.2 Å². The van der Waals surface area contributed by atoms with Crippen molar-refractivity contribution in [1.29, 1.82) is 0 Å². The van der Waals surface area contributed by atoms with Crippen LogP contribution in [0.1, 0.15) is 36.8 Å². The number of carbonyl (C=O) groups excluding carboxylic acids is 2. The number of rotatable bonds is 2. The van der Waals surface area contributed by atoms with Crippen molar-refractivity contribution in [3.63, 3.8) is 0 Å². The summed E-state index contributed by atoms with van der Waals surface area (Å²) in [5, 5.41) is 3.54. The lowest BCUT2D eigenvalue weighted by Gasteiger charge is -2.28. The maximum Gasteiger partial charge on any atom is 0.256 e. The number of halogens is 1. The first-order chi connectivity index (χ1) is 12.2. The summed E-state index contributed by atoms with van der Waals surface area (Å²) in [6.45, 7) is 7.50. The molecular formula is C19H22FN3O2S. The number of amides is 2. The molecule has 5 nitrogen and oxygen atoms in total. The maximum atomic E-state index is 13.5. The van der Waals surface area contributed by atoms with Crippen LogP contribution in [-0.4, -0.2) is 44.9 Å². The second-order valence-electron chi connectivity index (χ2n) is 7.50. The lowest BCUT2D eigenvalue weighted by Crippen LogP contribution is -2.52. The fourth-order valence-corrected chi connectivity index (χ4v) is 4.13. The van der Waals surface area contributed by atoms with Crippen LogP contribution in [0, 0.1) is 12.7 Å². The van der Waals surface area contributed by atoms with Gasteiger partial charge >= 0.3 is 0 Å². The minimum atomic E-state index is -0.518. The van der Waals surface area contributed by atoms with E-state index in [4.69, 9.17) is 0 Å². The second-order valence-corrected chi connectivity index (χ2v) is 8.50. The predicted molar refractivity (Wildman–Crippen MR) is 102 cm³/mol. The van der Waals surface area contributed by atoms with Gasteiger partial charge in [-0.05, 0) is 45.9 Å². The summed E-state index contributed by atoms with van der Waals surface area (Å²) >= 11 is 1.55. The van der Waals surface area contributed by atoms with E-state index < -0.39 is 11.9 Å². The van der Waals surface area contributed by atoms with E-state index >= 15 is 0 Å². The molecule has 26 heavy (non-hydrogen) atoms. The van der Waals surface area contributed by atoms with Crippen molar-refractivity contribution >= 4 is 34.5 Å². The third-order valence-corrected chi connectivity index (χ3v) is 5.09. The Hall–Kier alpha value is -2.15. The quantitative estimate of drug-likeness (QED) is 0.876. The first-order valence-corrected chi connectivity index (χ1v) is 9.59. The summed E-state index contributed by atoms with van der Waals surface area (Å²) in [7, 11) is 0. The Balaban J connectivity index is 1.96. The number of fused-ring (bicyclic) bond motifs is 1. The summed E-state index contributed by atoms with van der Waals surface area (Å²) in [6.07, 6.45) is 0. The van der Waals surface area contributed by atoms with Gasteiger partial charge in [0.2, 0.25) is 5.91 Å². The van der Waals surface area contributed by atoms with Crippen molar-refractivity contribution in [3.8, 4) is 0 Å². The molecule has 0 radical (unpaired) electrons. The SMILES string of the molecule is Cc1cc(C(=O)N2CSCC2C(=O)NC(C)(C)C)c2ccc(F)cc2n1. The molecule has 1 aliphatic heterocycles. The molecule has 7 heteroatoms. The highest BCUT2D eigenvalue weighted by atomic mass is 32.2. The molecule has 1 N–H and O–H groups in total. The maximum absolute atomic E-state index is 13.5. The Morgan fingerprint density at radius 3 is 2.73 bits per heavy atom. The zero-order valence-electron chi connectivity index (χ0n) is 15.3. The predicted octanol–water partition coefficient (Wildman–Crippen LogP) is 3.11. The molecule has 0 spiro atoms. The monoisotopic (exact) mass is 375 g/mol. The van der Waals surface area contributed by atoms with Crippen LogP contribution in [-0.2, 0) is 4.79 Å². The number of aryl methyl sites for hydroxylation is 1. The van der Waals surface area contributed by atoms with Crippen molar-refractivity contribution in [3.05, 3.63) is 41.3 Å². The molecule has 1 saturated heterocycles. The van der Waals surface area contributed by atoms with Gasteiger partial charge in [0.25, 0.3) is 5.91 Å². The fraction of sp³-hybridized carbons (Fsp3) is 0.421. The van der Waals surface area contributed by atoms with Gasteiger partial charge in [0, 0.05) is 28.4 Å². The van der Waals surface area contributed by atoms with Gasteiger partial charge in [0.05, 0.1) is 17.0 Å². The summed E-state index contributed by atoms with van der Waals surface area (Å²) in [4.78, 5) is 31.7. The van der Waals surface area contributed by atoms with Gasteiger partial charge in [-0.2, -0.15) is 0 Å². The molecule has 2 heterocycles. The van der Waals surface area contributed by atoms with Crippen molar-refractivity contribution in [2.24, 2.45) is 0 Å². The summed E-state index contributed by atoms with van der Waals surface area (Å²) in [5.74, 6) is 0.228. The first-order valence-electron chi connectivity index (χ1n) is 8.43. The Morgan fingerprint density at radius 2 is 2.04 bits per heavy atom. The fourth-order valence-electron chi connectivity index (χ4n) is 2.98. The van der Waals surface area contributed by atoms with E-state index in [1.54, 1.807) is 35.7 Å². The standard InChI is InChI=1S/C19H22FN3O2S/c1-11-7-14(13-6-5-12(20)8-15(13)21-11)18(25)23-10-26-9-16(23)17(24)22-19(2,3)4/h5-8,16H,9-10H2,1-4H3,(H,22,24). The van der Waals surface area contributed by atoms with Gasteiger partial charge < -0.3 is 10.2 Å². The molecule has 1 aromatic heterocycles. The molecular weight excluding hydrogens is 353 g/mol. The molecule has 2 amide bonds. The minimum Gasteiger partial charge on any atom is -0.350 e. The number of carbonyl (C=O) groups is 2. The van der Waals surface area contributed by atoms with Crippen molar-refractivity contribution < 1.29 is 14.0 Å².